The van der Waals surface area contributed by atoms with Crippen molar-refractivity contribution in [3.8, 4) is 5.75 Å². The highest BCUT2D eigenvalue weighted by atomic mass is 35.5. The van der Waals surface area contributed by atoms with Crippen LogP contribution < -0.4 is 15.6 Å². The van der Waals surface area contributed by atoms with Gasteiger partial charge in [-0.2, -0.15) is 0 Å². The number of halogens is 1. The van der Waals surface area contributed by atoms with Gasteiger partial charge in [-0.1, -0.05) is 29.8 Å². The number of ether oxygens (including phenoxy) is 1. The summed E-state index contributed by atoms with van der Waals surface area (Å²) < 4.78 is 6.07. The number of amides is 1. The molecule has 2 rings (SSSR count). The fraction of sp³-hybridized carbons (Fsp3) is 0.214. The lowest BCUT2D eigenvalue weighted by Gasteiger charge is -2.15. The minimum Gasteiger partial charge on any atom is -0.489 e. The van der Waals surface area contributed by atoms with Crippen LogP contribution in [0.15, 0.2) is 41.5 Å². The Balaban J connectivity index is 2.26. The first kappa shape index (κ1) is 15.1. The number of hydrogen-bond acceptors (Lipinski definition) is 4. The number of nitrogens with zero attached hydrogens (tertiary/aromatic N) is 2. The molecule has 6 nitrogen and oxygen atoms in total. The highest BCUT2D eigenvalue weighted by Crippen LogP contribution is 2.17. The molecular weight excluding hydrogens is 294 g/mol. The molecule has 1 heterocycles. The predicted molar refractivity (Wildman–Crippen MR) is 79.8 cm³/mol. The number of nitrogens with one attached hydrogen (secondary N) is 1. The average Bonchev–Trinajstić information content (AvgIpc) is 2.48. The SMILES string of the molecule is COc1c(Cl)ncn(C(C)C(=O)Nc2ccccc2)c1=O. The van der Waals surface area contributed by atoms with Crippen LogP contribution in [0.4, 0.5) is 5.69 Å². The number of carbonyl (C=O) groups excluding carboxylic acids is 1. The Hall–Kier alpha value is -2.34. The van der Waals surface area contributed by atoms with Crippen LogP contribution in [0, 0.1) is 0 Å². The fourth-order valence-electron chi connectivity index (χ4n) is 1.77. The van der Waals surface area contributed by atoms with Crippen LogP contribution in [0.3, 0.4) is 0 Å². The lowest BCUT2D eigenvalue weighted by Crippen LogP contribution is -2.32. The molecule has 0 radical (unpaired) electrons. The molecule has 0 saturated carbocycles. The molecule has 7 heteroatoms. The third-order valence-electron chi connectivity index (χ3n) is 2.95. The lowest BCUT2D eigenvalue weighted by molar-refractivity contribution is -0.118. The molecule has 1 amide bonds. The van der Waals surface area contributed by atoms with Gasteiger partial charge in [0.15, 0.2) is 5.15 Å². The van der Waals surface area contributed by atoms with Gasteiger partial charge in [-0.3, -0.25) is 14.2 Å². The summed E-state index contributed by atoms with van der Waals surface area (Å²) in [6.45, 7) is 1.59. The number of rotatable bonds is 4. The van der Waals surface area contributed by atoms with Crippen LogP contribution in [-0.4, -0.2) is 22.6 Å². The van der Waals surface area contributed by atoms with Crippen molar-refractivity contribution in [2.24, 2.45) is 0 Å². The van der Waals surface area contributed by atoms with Gasteiger partial charge in [0.2, 0.25) is 11.7 Å². The van der Waals surface area contributed by atoms with E-state index in [0.717, 1.165) is 0 Å². The number of benzene rings is 1. The summed E-state index contributed by atoms with van der Waals surface area (Å²) in [7, 11) is 1.32. The largest absolute Gasteiger partial charge is 0.489 e. The minimum absolute atomic E-state index is 0.0329. The molecule has 0 aliphatic rings. The normalized spacial score (nSPS) is 11.8. The second-order valence-electron chi connectivity index (χ2n) is 4.31. The molecule has 21 heavy (non-hydrogen) atoms. The van der Waals surface area contributed by atoms with Gasteiger partial charge in [-0.15, -0.1) is 0 Å². The second-order valence-corrected chi connectivity index (χ2v) is 4.67. The number of para-hydroxylation sites is 1. The maximum absolute atomic E-state index is 12.2. The highest BCUT2D eigenvalue weighted by Gasteiger charge is 2.20. The predicted octanol–water partition coefficient (Wildman–Crippen LogP) is 2.10. The Morgan fingerprint density at radius 1 is 1.38 bits per heavy atom. The van der Waals surface area contributed by atoms with Gasteiger partial charge >= 0.3 is 0 Å². The molecule has 0 saturated heterocycles. The topological polar surface area (TPSA) is 73.2 Å². The zero-order valence-electron chi connectivity index (χ0n) is 11.5. The van der Waals surface area contributed by atoms with Crippen molar-refractivity contribution in [1.29, 1.82) is 0 Å². The van der Waals surface area contributed by atoms with Gasteiger partial charge in [0.1, 0.15) is 12.4 Å². The standard InChI is InChI=1S/C14H14ClN3O3/c1-9(13(19)17-10-6-4-3-5-7-10)18-8-16-12(15)11(21-2)14(18)20/h3-9H,1-2H3,(H,17,19). The van der Waals surface area contributed by atoms with Crippen molar-refractivity contribution in [1.82, 2.24) is 9.55 Å². The van der Waals surface area contributed by atoms with Crippen molar-refractivity contribution < 1.29 is 9.53 Å². The van der Waals surface area contributed by atoms with Crippen molar-refractivity contribution in [2.45, 2.75) is 13.0 Å². The zero-order chi connectivity index (χ0) is 15.4. The van der Waals surface area contributed by atoms with Gasteiger partial charge in [0.25, 0.3) is 5.56 Å². The number of hydrogen-bond donors (Lipinski definition) is 1. The quantitative estimate of drug-likeness (QED) is 0.878. The molecule has 1 aromatic heterocycles. The number of aromatic nitrogens is 2. The van der Waals surface area contributed by atoms with Crippen molar-refractivity contribution in [2.75, 3.05) is 12.4 Å². The van der Waals surface area contributed by atoms with Crippen LogP contribution in [0.5, 0.6) is 5.75 Å². The van der Waals surface area contributed by atoms with Gasteiger partial charge in [0, 0.05) is 5.69 Å². The molecule has 1 N–H and O–H groups in total. The van der Waals surface area contributed by atoms with Crippen LogP contribution >= 0.6 is 11.6 Å². The van der Waals surface area contributed by atoms with E-state index in [9.17, 15) is 9.59 Å². The smallest absolute Gasteiger partial charge is 0.298 e. The zero-order valence-corrected chi connectivity index (χ0v) is 12.3. The first-order chi connectivity index (χ1) is 10.0. The summed E-state index contributed by atoms with van der Waals surface area (Å²) in [6, 6.07) is 8.22. The van der Waals surface area contributed by atoms with Crippen molar-refractivity contribution >= 4 is 23.2 Å². The van der Waals surface area contributed by atoms with Gasteiger partial charge < -0.3 is 10.1 Å². The molecular formula is C14H14ClN3O3. The third-order valence-corrected chi connectivity index (χ3v) is 3.22. The first-order valence-electron chi connectivity index (χ1n) is 6.21. The minimum atomic E-state index is -0.753. The van der Waals surface area contributed by atoms with Crippen LogP contribution in [-0.2, 0) is 4.79 Å². The molecule has 0 aliphatic heterocycles. The van der Waals surface area contributed by atoms with Gasteiger partial charge in [-0.25, -0.2) is 4.98 Å². The van der Waals surface area contributed by atoms with E-state index >= 15 is 0 Å². The summed E-state index contributed by atoms with van der Waals surface area (Å²) in [4.78, 5) is 28.2. The van der Waals surface area contributed by atoms with E-state index in [0.29, 0.717) is 5.69 Å². The molecule has 0 fully saturated rings. The van der Waals surface area contributed by atoms with Crippen molar-refractivity contribution in [3.05, 3.63) is 52.2 Å². The molecule has 0 spiro atoms. The van der Waals surface area contributed by atoms with Crippen LogP contribution in [0.1, 0.15) is 13.0 Å². The van der Waals surface area contributed by atoms with E-state index in [4.69, 9.17) is 16.3 Å². The maximum atomic E-state index is 12.2. The highest BCUT2D eigenvalue weighted by molar-refractivity contribution is 6.30. The summed E-state index contributed by atoms with van der Waals surface area (Å²) >= 11 is 5.77. The average molecular weight is 308 g/mol. The Kier molecular flexibility index (Phi) is 4.59. The summed E-state index contributed by atoms with van der Waals surface area (Å²) in [6.07, 6.45) is 1.22. The first-order valence-corrected chi connectivity index (χ1v) is 6.59. The van der Waals surface area contributed by atoms with E-state index in [1.807, 2.05) is 6.07 Å². The second kappa shape index (κ2) is 6.41. The molecule has 0 aliphatic carbocycles. The van der Waals surface area contributed by atoms with Gasteiger partial charge in [-0.05, 0) is 19.1 Å². The van der Waals surface area contributed by atoms with E-state index in [2.05, 4.69) is 10.3 Å². The summed E-state index contributed by atoms with van der Waals surface area (Å²) in [5, 5.41) is 2.69. The van der Waals surface area contributed by atoms with Crippen molar-refractivity contribution in [3.63, 3.8) is 0 Å². The van der Waals surface area contributed by atoms with E-state index in [1.165, 1.54) is 18.0 Å². The van der Waals surface area contributed by atoms with Crippen LogP contribution in [0.2, 0.25) is 5.15 Å². The number of methoxy groups -OCH3 is 1. The molecule has 110 valence electrons. The molecule has 1 atom stereocenters. The fourth-order valence-corrected chi connectivity index (χ4v) is 1.97. The number of carbonyl (C=O) groups is 1. The number of anilines is 1. The Bertz CT molecular complexity index is 700. The Labute approximate surface area is 126 Å². The third kappa shape index (κ3) is 3.22. The Morgan fingerprint density at radius 3 is 2.67 bits per heavy atom. The molecule has 2 aromatic rings. The van der Waals surface area contributed by atoms with Gasteiger partial charge in [0.05, 0.1) is 7.11 Å². The summed E-state index contributed by atoms with van der Waals surface area (Å²) in [5.41, 5.74) is 0.143. The molecule has 1 unspecified atom stereocenters. The molecule has 0 bridgehead atoms. The lowest BCUT2D eigenvalue weighted by atomic mass is 10.2. The van der Waals surface area contributed by atoms with Crippen LogP contribution in [0.25, 0.3) is 0 Å². The molecule has 1 aromatic carbocycles. The van der Waals surface area contributed by atoms with E-state index in [1.54, 1.807) is 31.2 Å². The monoisotopic (exact) mass is 307 g/mol. The van der Waals surface area contributed by atoms with E-state index < -0.39 is 11.6 Å². The summed E-state index contributed by atoms with van der Waals surface area (Å²) in [5.74, 6) is -0.423. The van der Waals surface area contributed by atoms with E-state index in [-0.39, 0.29) is 16.8 Å². The Morgan fingerprint density at radius 2 is 2.05 bits per heavy atom. The maximum Gasteiger partial charge on any atom is 0.298 e.